The van der Waals surface area contributed by atoms with Crippen LogP contribution in [-0.2, 0) is 4.79 Å². The Morgan fingerprint density at radius 3 is 2.59 bits per heavy atom. The molecule has 4 N–H and O–H groups in total. The monoisotopic (exact) mass is 242 g/mol. The lowest BCUT2D eigenvalue weighted by Crippen LogP contribution is -2.44. The van der Waals surface area contributed by atoms with E-state index >= 15 is 0 Å². The Kier molecular flexibility index (Phi) is 5.92. The molecule has 17 heavy (non-hydrogen) atoms. The standard InChI is InChI=1S/C13H26N2O2/c1-2-11(9-14)8-12(16)15-10-13(17)6-4-3-5-7-13/h11,17H,2-10,14H2,1H3,(H,15,16). The van der Waals surface area contributed by atoms with E-state index in [-0.39, 0.29) is 11.8 Å². The average molecular weight is 242 g/mol. The average Bonchev–Trinajstić information content (AvgIpc) is 2.34. The van der Waals surface area contributed by atoms with Gasteiger partial charge in [-0.15, -0.1) is 0 Å². The van der Waals surface area contributed by atoms with E-state index in [0.29, 0.717) is 19.5 Å². The molecule has 4 heteroatoms. The molecule has 0 aromatic heterocycles. The highest BCUT2D eigenvalue weighted by Crippen LogP contribution is 2.27. The van der Waals surface area contributed by atoms with Gasteiger partial charge < -0.3 is 16.2 Å². The summed E-state index contributed by atoms with van der Waals surface area (Å²) in [5, 5.41) is 13.1. The van der Waals surface area contributed by atoms with Crippen LogP contribution in [0.3, 0.4) is 0 Å². The van der Waals surface area contributed by atoms with E-state index in [0.717, 1.165) is 32.1 Å². The topological polar surface area (TPSA) is 75.4 Å². The van der Waals surface area contributed by atoms with Crippen molar-refractivity contribution in [3.63, 3.8) is 0 Å². The summed E-state index contributed by atoms with van der Waals surface area (Å²) in [5.74, 6) is 0.275. The van der Waals surface area contributed by atoms with Crippen LogP contribution in [0.25, 0.3) is 0 Å². The second-order valence-corrected chi connectivity index (χ2v) is 5.28. The van der Waals surface area contributed by atoms with E-state index in [1.807, 2.05) is 6.92 Å². The Morgan fingerprint density at radius 1 is 1.41 bits per heavy atom. The van der Waals surface area contributed by atoms with Gasteiger partial charge in [-0.1, -0.05) is 32.6 Å². The quantitative estimate of drug-likeness (QED) is 0.654. The van der Waals surface area contributed by atoms with Gasteiger partial charge in [0.1, 0.15) is 0 Å². The zero-order valence-corrected chi connectivity index (χ0v) is 10.9. The van der Waals surface area contributed by atoms with Gasteiger partial charge >= 0.3 is 0 Å². The lowest BCUT2D eigenvalue weighted by Gasteiger charge is -2.32. The smallest absolute Gasteiger partial charge is 0.220 e. The fraction of sp³-hybridized carbons (Fsp3) is 0.923. The van der Waals surface area contributed by atoms with Crippen LogP contribution >= 0.6 is 0 Å². The number of amides is 1. The molecule has 0 radical (unpaired) electrons. The summed E-state index contributed by atoms with van der Waals surface area (Å²) >= 11 is 0. The summed E-state index contributed by atoms with van der Waals surface area (Å²) in [4.78, 5) is 11.7. The molecule has 0 bridgehead atoms. The fourth-order valence-corrected chi connectivity index (χ4v) is 2.38. The molecule has 0 aliphatic heterocycles. The Balaban J connectivity index is 2.27. The molecular weight excluding hydrogens is 216 g/mol. The minimum absolute atomic E-state index is 0.0151. The van der Waals surface area contributed by atoms with E-state index in [1.54, 1.807) is 0 Å². The zero-order chi connectivity index (χ0) is 12.7. The van der Waals surface area contributed by atoms with E-state index in [1.165, 1.54) is 6.42 Å². The molecule has 0 aromatic carbocycles. The van der Waals surface area contributed by atoms with Gasteiger partial charge in [-0.2, -0.15) is 0 Å². The van der Waals surface area contributed by atoms with Crippen molar-refractivity contribution in [1.82, 2.24) is 5.32 Å². The molecule has 0 heterocycles. The first-order chi connectivity index (χ1) is 8.09. The molecule has 100 valence electrons. The summed E-state index contributed by atoms with van der Waals surface area (Å²) in [6, 6.07) is 0. The van der Waals surface area contributed by atoms with Crippen molar-refractivity contribution in [2.24, 2.45) is 11.7 Å². The lowest BCUT2D eigenvalue weighted by atomic mass is 9.85. The Morgan fingerprint density at radius 2 is 2.06 bits per heavy atom. The normalized spacial score (nSPS) is 20.9. The number of nitrogens with one attached hydrogen (secondary N) is 1. The van der Waals surface area contributed by atoms with Gasteiger partial charge in [-0.05, 0) is 25.3 Å². The number of carbonyl (C=O) groups excluding carboxylic acids is 1. The van der Waals surface area contributed by atoms with E-state index in [9.17, 15) is 9.90 Å². The number of carbonyl (C=O) groups is 1. The minimum Gasteiger partial charge on any atom is -0.388 e. The van der Waals surface area contributed by atoms with Crippen LogP contribution in [0.2, 0.25) is 0 Å². The first-order valence-corrected chi connectivity index (χ1v) is 6.79. The van der Waals surface area contributed by atoms with Crippen LogP contribution in [0, 0.1) is 5.92 Å². The van der Waals surface area contributed by atoms with Gasteiger partial charge in [0.05, 0.1) is 5.60 Å². The molecule has 1 saturated carbocycles. The lowest BCUT2D eigenvalue weighted by molar-refractivity contribution is -0.123. The Labute approximate surface area is 104 Å². The third kappa shape index (κ3) is 5.04. The van der Waals surface area contributed by atoms with Gasteiger partial charge in [0, 0.05) is 13.0 Å². The fourth-order valence-electron chi connectivity index (χ4n) is 2.38. The maximum atomic E-state index is 11.7. The molecule has 1 aliphatic carbocycles. The minimum atomic E-state index is -0.668. The van der Waals surface area contributed by atoms with Crippen LogP contribution in [0.4, 0.5) is 0 Å². The largest absolute Gasteiger partial charge is 0.388 e. The van der Waals surface area contributed by atoms with Crippen LogP contribution in [0.5, 0.6) is 0 Å². The van der Waals surface area contributed by atoms with Crippen LogP contribution in [0.15, 0.2) is 0 Å². The maximum absolute atomic E-state index is 11.7. The molecule has 4 nitrogen and oxygen atoms in total. The Bertz CT molecular complexity index is 234. The first-order valence-electron chi connectivity index (χ1n) is 6.79. The number of rotatable bonds is 6. The number of aliphatic hydroxyl groups is 1. The van der Waals surface area contributed by atoms with Gasteiger partial charge in [0.15, 0.2) is 0 Å². The second-order valence-electron chi connectivity index (χ2n) is 5.28. The van der Waals surface area contributed by atoms with E-state index in [2.05, 4.69) is 5.32 Å². The first kappa shape index (κ1) is 14.5. The van der Waals surface area contributed by atoms with Gasteiger partial charge in [-0.25, -0.2) is 0 Å². The predicted molar refractivity (Wildman–Crippen MR) is 68.5 cm³/mol. The molecule has 1 atom stereocenters. The van der Waals surface area contributed by atoms with E-state index in [4.69, 9.17) is 5.73 Å². The van der Waals surface area contributed by atoms with Crippen molar-refractivity contribution in [3.8, 4) is 0 Å². The maximum Gasteiger partial charge on any atom is 0.220 e. The molecule has 1 fully saturated rings. The highest BCUT2D eigenvalue weighted by Gasteiger charge is 2.29. The van der Waals surface area contributed by atoms with Crippen molar-refractivity contribution < 1.29 is 9.90 Å². The molecular formula is C13H26N2O2. The van der Waals surface area contributed by atoms with Crippen molar-refractivity contribution in [1.29, 1.82) is 0 Å². The molecule has 0 aromatic rings. The number of hydrogen-bond donors (Lipinski definition) is 3. The Hall–Kier alpha value is -0.610. The van der Waals surface area contributed by atoms with Crippen molar-refractivity contribution in [2.75, 3.05) is 13.1 Å². The molecule has 1 rings (SSSR count). The molecule has 1 amide bonds. The third-order valence-electron chi connectivity index (χ3n) is 3.78. The summed E-state index contributed by atoms with van der Waals surface area (Å²) in [6.45, 7) is 2.99. The highest BCUT2D eigenvalue weighted by molar-refractivity contribution is 5.76. The summed E-state index contributed by atoms with van der Waals surface area (Å²) in [6.07, 6.45) is 6.33. The van der Waals surface area contributed by atoms with Gasteiger partial charge in [-0.3, -0.25) is 4.79 Å². The van der Waals surface area contributed by atoms with E-state index < -0.39 is 5.60 Å². The summed E-state index contributed by atoms with van der Waals surface area (Å²) in [7, 11) is 0. The van der Waals surface area contributed by atoms with Crippen molar-refractivity contribution in [3.05, 3.63) is 0 Å². The second kappa shape index (κ2) is 6.97. The molecule has 1 aliphatic rings. The SMILES string of the molecule is CCC(CN)CC(=O)NCC1(O)CCCCC1. The molecule has 0 spiro atoms. The van der Waals surface area contributed by atoms with Crippen LogP contribution in [-0.4, -0.2) is 29.7 Å². The van der Waals surface area contributed by atoms with Crippen molar-refractivity contribution in [2.45, 2.75) is 57.5 Å². The van der Waals surface area contributed by atoms with Gasteiger partial charge in [0.2, 0.25) is 5.91 Å². The predicted octanol–water partition coefficient (Wildman–Crippen LogP) is 1.17. The van der Waals surface area contributed by atoms with Crippen LogP contribution < -0.4 is 11.1 Å². The van der Waals surface area contributed by atoms with Crippen molar-refractivity contribution >= 4 is 5.91 Å². The zero-order valence-electron chi connectivity index (χ0n) is 10.9. The highest BCUT2D eigenvalue weighted by atomic mass is 16.3. The third-order valence-corrected chi connectivity index (χ3v) is 3.78. The number of hydrogen-bond acceptors (Lipinski definition) is 3. The van der Waals surface area contributed by atoms with Gasteiger partial charge in [0.25, 0.3) is 0 Å². The summed E-state index contributed by atoms with van der Waals surface area (Å²) < 4.78 is 0. The van der Waals surface area contributed by atoms with Crippen LogP contribution in [0.1, 0.15) is 51.9 Å². The number of nitrogens with two attached hydrogens (primary N) is 1. The summed E-state index contributed by atoms with van der Waals surface area (Å²) in [5.41, 5.74) is 4.90. The molecule has 0 saturated heterocycles. The molecule has 1 unspecified atom stereocenters.